The Morgan fingerprint density at radius 2 is 1.72 bits per heavy atom. The predicted molar refractivity (Wildman–Crippen MR) is 140 cm³/mol. The summed E-state index contributed by atoms with van der Waals surface area (Å²) in [6, 6.07) is 6.33. The summed E-state index contributed by atoms with van der Waals surface area (Å²) in [7, 11) is 5.18. The molecule has 2 N–H and O–H groups in total. The standard InChI is InChI=1S/C23H36N6O2.HI/c1-17-13-18(2)29(27-17)10-6-8-25-23(24-3)26-9-12-28-11-7-19-14-21(30-4)22(31-5)15-20(19)16-28;/h13-15H,6-12,16H2,1-5H3,(H2,24,25,26);1H. The van der Waals surface area contributed by atoms with Gasteiger partial charge in [-0.15, -0.1) is 24.0 Å². The van der Waals surface area contributed by atoms with Gasteiger partial charge in [-0.3, -0.25) is 14.6 Å². The molecule has 0 atom stereocenters. The normalized spacial score (nSPS) is 13.8. The third-order valence-corrected chi connectivity index (χ3v) is 5.68. The summed E-state index contributed by atoms with van der Waals surface area (Å²) in [6.45, 7) is 9.66. The van der Waals surface area contributed by atoms with Crippen molar-refractivity contribution in [2.24, 2.45) is 4.99 Å². The number of benzene rings is 1. The van der Waals surface area contributed by atoms with Crippen LogP contribution in [0.2, 0.25) is 0 Å². The number of aliphatic imine (C=N–C) groups is 1. The minimum atomic E-state index is 0. The molecule has 0 unspecified atom stereocenters. The van der Waals surface area contributed by atoms with E-state index in [1.807, 2.05) is 14.0 Å². The van der Waals surface area contributed by atoms with Crippen molar-refractivity contribution in [2.75, 3.05) is 47.4 Å². The van der Waals surface area contributed by atoms with Crippen LogP contribution in [-0.4, -0.2) is 68.1 Å². The Kier molecular flexibility index (Phi) is 10.6. The Bertz CT molecular complexity index is 899. The SMILES string of the molecule is CN=C(NCCCn1nc(C)cc1C)NCCN1CCc2cc(OC)c(OC)cc2C1.I. The number of nitrogens with zero attached hydrogens (tertiary/aromatic N) is 4. The lowest BCUT2D eigenvalue weighted by Crippen LogP contribution is -2.43. The second-order valence-electron chi connectivity index (χ2n) is 7.93. The highest BCUT2D eigenvalue weighted by Crippen LogP contribution is 2.33. The van der Waals surface area contributed by atoms with Crippen LogP contribution in [0.3, 0.4) is 0 Å². The zero-order chi connectivity index (χ0) is 22.2. The highest BCUT2D eigenvalue weighted by Gasteiger charge is 2.19. The lowest BCUT2D eigenvalue weighted by Gasteiger charge is -2.29. The van der Waals surface area contributed by atoms with Crippen molar-refractivity contribution in [1.29, 1.82) is 0 Å². The van der Waals surface area contributed by atoms with Crippen LogP contribution in [-0.2, 0) is 19.5 Å². The fraction of sp³-hybridized carbons (Fsp3) is 0.565. The third-order valence-electron chi connectivity index (χ3n) is 5.68. The molecule has 2 aromatic rings. The van der Waals surface area contributed by atoms with Crippen molar-refractivity contribution in [1.82, 2.24) is 25.3 Å². The number of ether oxygens (including phenoxy) is 2. The van der Waals surface area contributed by atoms with Gasteiger partial charge < -0.3 is 20.1 Å². The van der Waals surface area contributed by atoms with E-state index in [0.29, 0.717) is 0 Å². The van der Waals surface area contributed by atoms with Crippen molar-refractivity contribution in [3.63, 3.8) is 0 Å². The number of hydrogen-bond donors (Lipinski definition) is 2. The van der Waals surface area contributed by atoms with Crippen LogP contribution in [0.25, 0.3) is 0 Å². The van der Waals surface area contributed by atoms with Crippen LogP contribution in [0.15, 0.2) is 23.2 Å². The third kappa shape index (κ3) is 6.99. The Morgan fingerprint density at radius 3 is 2.34 bits per heavy atom. The molecule has 0 saturated heterocycles. The quantitative estimate of drug-likeness (QED) is 0.214. The molecule has 1 aliphatic rings. The fourth-order valence-electron chi connectivity index (χ4n) is 4.02. The van der Waals surface area contributed by atoms with Gasteiger partial charge in [-0.05, 0) is 56.0 Å². The van der Waals surface area contributed by atoms with Crippen molar-refractivity contribution < 1.29 is 9.47 Å². The van der Waals surface area contributed by atoms with E-state index in [0.717, 1.165) is 75.3 Å². The molecule has 0 spiro atoms. The number of aromatic nitrogens is 2. The monoisotopic (exact) mass is 556 g/mol. The Hall–Kier alpha value is -2.01. The molecule has 1 aromatic carbocycles. The van der Waals surface area contributed by atoms with Crippen molar-refractivity contribution in [3.8, 4) is 11.5 Å². The summed E-state index contributed by atoms with van der Waals surface area (Å²) in [5, 5.41) is 11.3. The first-order valence-corrected chi connectivity index (χ1v) is 11.0. The van der Waals surface area contributed by atoms with Gasteiger partial charge in [0.25, 0.3) is 0 Å². The number of aryl methyl sites for hydroxylation is 3. The van der Waals surface area contributed by atoms with E-state index in [1.54, 1.807) is 14.2 Å². The molecule has 3 rings (SSSR count). The average Bonchev–Trinajstić information content (AvgIpc) is 3.10. The number of hydrogen-bond acceptors (Lipinski definition) is 5. The molecule has 0 aliphatic carbocycles. The van der Waals surface area contributed by atoms with Gasteiger partial charge in [0.05, 0.1) is 19.9 Å². The van der Waals surface area contributed by atoms with E-state index in [2.05, 4.69) is 55.4 Å². The summed E-state index contributed by atoms with van der Waals surface area (Å²) in [4.78, 5) is 6.79. The molecule has 1 aromatic heterocycles. The zero-order valence-electron chi connectivity index (χ0n) is 19.9. The summed E-state index contributed by atoms with van der Waals surface area (Å²) in [5.74, 6) is 2.45. The van der Waals surface area contributed by atoms with E-state index in [1.165, 1.54) is 16.8 Å². The molecule has 178 valence electrons. The summed E-state index contributed by atoms with van der Waals surface area (Å²) in [6.07, 6.45) is 2.02. The van der Waals surface area contributed by atoms with Crippen LogP contribution < -0.4 is 20.1 Å². The summed E-state index contributed by atoms with van der Waals surface area (Å²) in [5.41, 5.74) is 4.94. The second-order valence-corrected chi connectivity index (χ2v) is 7.93. The van der Waals surface area contributed by atoms with Crippen LogP contribution >= 0.6 is 24.0 Å². The molecule has 9 heteroatoms. The molecular weight excluding hydrogens is 519 g/mol. The fourth-order valence-corrected chi connectivity index (χ4v) is 4.02. The lowest BCUT2D eigenvalue weighted by molar-refractivity contribution is 0.256. The molecule has 2 heterocycles. The molecule has 0 fully saturated rings. The molecule has 0 amide bonds. The van der Waals surface area contributed by atoms with Crippen LogP contribution in [0.1, 0.15) is 28.9 Å². The highest BCUT2D eigenvalue weighted by molar-refractivity contribution is 14.0. The van der Waals surface area contributed by atoms with Gasteiger partial charge in [-0.25, -0.2) is 0 Å². The van der Waals surface area contributed by atoms with Gasteiger partial charge in [0, 0.05) is 52.0 Å². The first kappa shape index (κ1) is 26.2. The van der Waals surface area contributed by atoms with Crippen molar-refractivity contribution >= 4 is 29.9 Å². The van der Waals surface area contributed by atoms with E-state index >= 15 is 0 Å². The number of methoxy groups -OCH3 is 2. The minimum Gasteiger partial charge on any atom is -0.493 e. The molecule has 0 bridgehead atoms. The topological polar surface area (TPSA) is 75.9 Å². The molecule has 1 aliphatic heterocycles. The number of rotatable bonds is 9. The van der Waals surface area contributed by atoms with E-state index in [4.69, 9.17) is 9.47 Å². The molecule has 0 radical (unpaired) electrons. The first-order chi connectivity index (χ1) is 15.0. The largest absolute Gasteiger partial charge is 0.493 e. The molecular formula is C23H37IN6O2. The van der Waals surface area contributed by atoms with Crippen LogP contribution in [0, 0.1) is 13.8 Å². The summed E-state index contributed by atoms with van der Waals surface area (Å²) >= 11 is 0. The first-order valence-electron chi connectivity index (χ1n) is 11.0. The van der Waals surface area contributed by atoms with Crippen molar-refractivity contribution in [3.05, 3.63) is 40.7 Å². The maximum absolute atomic E-state index is 5.46. The average molecular weight is 556 g/mol. The number of halogens is 1. The number of guanidine groups is 1. The predicted octanol–water partition coefficient (Wildman–Crippen LogP) is 2.75. The minimum absolute atomic E-state index is 0. The second kappa shape index (κ2) is 12.9. The molecule has 8 nitrogen and oxygen atoms in total. The summed E-state index contributed by atoms with van der Waals surface area (Å²) < 4.78 is 13.0. The van der Waals surface area contributed by atoms with E-state index in [-0.39, 0.29) is 24.0 Å². The van der Waals surface area contributed by atoms with Crippen LogP contribution in [0.4, 0.5) is 0 Å². The smallest absolute Gasteiger partial charge is 0.191 e. The van der Waals surface area contributed by atoms with Gasteiger partial charge in [0.2, 0.25) is 0 Å². The maximum Gasteiger partial charge on any atom is 0.191 e. The Labute approximate surface area is 208 Å². The van der Waals surface area contributed by atoms with Crippen molar-refractivity contribution in [2.45, 2.75) is 39.8 Å². The lowest BCUT2D eigenvalue weighted by atomic mass is 9.99. The highest BCUT2D eigenvalue weighted by atomic mass is 127. The molecule has 0 saturated carbocycles. The van der Waals surface area contributed by atoms with E-state index < -0.39 is 0 Å². The maximum atomic E-state index is 5.46. The molecule has 32 heavy (non-hydrogen) atoms. The number of fused-ring (bicyclic) bond motifs is 1. The Morgan fingerprint density at radius 1 is 1.03 bits per heavy atom. The van der Waals surface area contributed by atoms with Crippen LogP contribution in [0.5, 0.6) is 11.5 Å². The van der Waals surface area contributed by atoms with Gasteiger partial charge in [0.1, 0.15) is 0 Å². The van der Waals surface area contributed by atoms with Gasteiger partial charge in [-0.1, -0.05) is 0 Å². The van der Waals surface area contributed by atoms with Gasteiger partial charge in [-0.2, -0.15) is 5.10 Å². The Balaban J connectivity index is 0.00000363. The zero-order valence-corrected chi connectivity index (χ0v) is 22.2. The number of nitrogens with one attached hydrogen (secondary N) is 2. The van der Waals surface area contributed by atoms with Gasteiger partial charge in [0.15, 0.2) is 17.5 Å². The van der Waals surface area contributed by atoms with Gasteiger partial charge >= 0.3 is 0 Å². The van der Waals surface area contributed by atoms with E-state index in [9.17, 15) is 0 Å².